The molecular weight excluding hydrogens is 506 g/mol. The van der Waals surface area contributed by atoms with E-state index < -0.39 is 53.6 Å². The van der Waals surface area contributed by atoms with E-state index in [2.05, 4.69) is 16.0 Å². The molecule has 1 aromatic carbocycles. The lowest BCUT2D eigenvalue weighted by Gasteiger charge is -2.26. The van der Waals surface area contributed by atoms with Gasteiger partial charge in [0.2, 0.25) is 11.9 Å². The summed E-state index contributed by atoms with van der Waals surface area (Å²) < 4.78 is 15.4. The van der Waals surface area contributed by atoms with Crippen molar-refractivity contribution in [3.63, 3.8) is 0 Å². The van der Waals surface area contributed by atoms with E-state index in [1.165, 1.54) is 7.11 Å². The molecule has 11 heteroatoms. The number of carbonyl (C=O) groups is 5. The molecule has 0 aliphatic rings. The zero-order valence-electron chi connectivity index (χ0n) is 24.2. The lowest BCUT2D eigenvalue weighted by Crippen LogP contribution is -2.59. The van der Waals surface area contributed by atoms with Crippen molar-refractivity contribution in [2.24, 2.45) is 11.8 Å². The van der Waals surface area contributed by atoms with E-state index in [9.17, 15) is 24.0 Å². The minimum atomic E-state index is -1.80. The summed E-state index contributed by atoms with van der Waals surface area (Å²) in [6, 6.07) is 4.85. The largest absolute Gasteiger partial charge is 0.467 e. The number of carbonyl (C=O) groups excluding carboxylic acids is 5. The molecule has 0 aliphatic heterocycles. The molecule has 1 unspecified atom stereocenters. The fraction of sp³-hybridized carbons (Fsp3) is 0.607. The van der Waals surface area contributed by atoms with Crippen LogP contribution < -0.4 is 16.0 Å². The monoisotopic (exact) mass is 549 g/mol. The summed E-state index contributed by atoms with van der Waals surface area (Å²) in [7, 11) is 1.19. The summed E-state index contributed by atoms with van der Waals surface area (Å²) in [4.78, 5) is 64.2. The highest BCUT2D eigenvalue weighted by atomic mass is 16.6. The Kier molecular flexibility index (Phi) is 13.4. The van der Waals surface area contributed by atoms with Gasteiger partial charge in [0.25, 0.3) is 5.91 Å². The summed E-state index contributed by atoms with van der Waals surface area (Å²) in [6.45, 7) is 12.3. The van der Waals surface area contributed by atoms with Gasteiger partial charge in [0, 0.05) is 0 Å². The van der Waals surface area contributed by atoms with Gasteiger partial charge < -0.3 is 30.2 Å². The molecule has 0 spiro atoms. The second-order valence-electron chi connectivity index (χ2n) is 11.1. The number of hydrogen-bond acceptors (Lipinski definition) is 8. The van der Waals surface area contributed by atoms with Crippen LogP contribution in [0.2, 0.25) is 0 Å². The molecule has 218 valence electrons. The summed E-state index contributed by atoms with van der Waals surface area (Å²) >= 11 is 0. The summed E-state index contributed by atoms with van der Waals surface area (Å²) in [5, 5.41) is 7.40. The third-order valence-electron chi connectivity index (χ3n) is 5.23. The second-order valence-corrected chi connectivity index (χ2v) is 11.1. The van der Waals surface area contributed by atoms with Crippen LogP contribution in [0, 0.1) is 11.8 Å². The Labute approximate surface area is 230 Å². The molecule has 1 aromatic rings. The summed E-state index contributed by atoms with van der Waals surface area (Å²) in [5.41, 5.74) is -0.126. The van der Waals surface area contributed by atoms with Crippen molar-refractivity contribution in [2.45, 2.75) is 91.6 Å². The minimum Gasteiger partial charge on any atom is -0.467 e. The van der Waals surface area contributed by atoms with Crippen molar-refractivity contribution < 1.29 is 38.2 Å². The molecule has 0 saturated heterocycles. The minimum absolute atomic E-state index is 0.0147. The average Bonchev–Trinajstić information content (AvgIpc) is 2.83. The lowest BCUT2D eigenvalue weighted by molar-refractivity contribution is -0.154. The number of alkyl carbamates (subject to hydrolysis) is 1. The van der Waals surface area contributed by atoms with Gasteiger partial charge in [-0.25, -0.2) is 14.4 Å². The van der Waals surface area contributed by atoms with E-state index >= 15 is 0 Å². The molecule has 0 aromatic heterocycles. The van der Waals surface area contributed by atoms with Crippen LogP contribution in [0.1, 0.15) is 66.9 Å². The van der Waals surface area contributed by atoms with E-state index in [0.717, 1.165) is 0 Å². The molecule has 0 bridgehead atoms. The molecule has 3 N–H and O–H groups in total. The van der Waals surface area contributed by atoms with E-state index in [0.29, 0.717) is 5.56 Å². The lowest BCUT2D eigenvalue weighted by atomic mass is 10.0. The molecule has 0 aliphatic carbocycles. The van der Waals surface area contributed by atoms with Crippen LogP contribution in [-0.2, 0) is 40.0 Å². The normalized spacial score (nSPS) is 13.6. The molecule has 11 nitrogen and oxygen atoms in total. The zero-order chi connectivity index (χ0) is 29.8. The predicted molar refractivity (Wildman–Crippen MR) is 144 cm³/mol. The zero-order valence-corrected chi connectivity index (χ0v) is 24.2. The number of hydrogen-bond donors (Lipinski definition) is 3. The Morgan fingerprint density at radius 3 is 1.85 bits per heavy atom. The number of ether oxygens (including phenoxy) is 3. The van der Waals surface area contributed by atoms with Crippen molar-refractivity contribution >= 4 is 29.8 Å². The average molecular weight is 550 g/mol. The van der Waals surface area contributed by atoms with Crippen LogP contribution in [0.4, 0.5) is 4.79 Å². The highest BCUT2D eigenvalue weighted by molar-refractivity contribution is 6.06. The number of benzene rings is 1. The Morgan fingerprint density at radius 2 is 1.33 bits per heavy atom. The molecule has 39 heavy (non-hydrogen) atoms. The van der Waals surface area contributed by atoms with Crippen molar-refractivity contribution in [1.29, 1.82) is 0 Å². The molecule has 3 atom stereocenters. The third kappa shape index (κ3) is 13.1. The molecule has 1 rings (SSSR count). The fourth-order valence-electron chi connectivity index (χ4n) is 3.52. The summed E-state index contributed by atoms with van der Waals surface area (Å²) in [5.74, 6) is -3.46. The van der Waals surface area contributed by atoms with Crippen molar-refractivity contribution in [2.75, 3.05) is 7.11 Å². The van der Waals surface area contributed by atoms with Gasteiger partial charge in [0.05, 0.1) is 7.11 Å². The van der Waals surface area contributed by atoms with Gasteiger partial charge in [-0.15, -0.1) is 0 Å². The highest BCUT2D eigenvalue weighted by Crippen LogP contribution is 2.11. The predicted octanol–water partition coefficient (Wildman–Crippen LogP) is 2.86. The maximum atomic E-state index is 13.3. The highest BCUT2D eigenvalue weighted by Gasteiger charge is 2.36. The molecule has 0 saturated carbocycles. The van der Waals surface area contributed by atoms with Crippen molar-refractivity contribution in [1.82, 2.24) is 16.0 Å². The molecule has 0 radical (unpaired) electrons. The van der Waals surface area contributed by atoms with Crippen LogP contribution >= 0.6 is 0 Å². The quantitative estimate of drug-likeness (QED) is 0.193. The Morgan fingerprint density at radius 1 is 0.769 bits per heavy atom. The van der Waals surface area contributed by atoms with Crippen LogP contribution in [0.25, 0.3) is 0 Å². The van der Waals surface area contributed by atoms with Crippen molar-refractivity contribution in [3.05, 3.63) is 35.9 Å². The van der Waals surface area contributed by atoms with Gasteiger partial charge in [-0.1, -0.05) is 58.0 Å². The van der Waals surface area contributed by atoms with E-state index in [1.54, 1.807) is 51.1 Å². The van der Waals surface area contributed by atoms with Gasteiger partial charge in [-0.2, -0.15) is 0 Å². The van der Waals surface area contributed by atoms with Crippen molar-refractivity contribution in [3.8, 4) is 0 Å². The maximum Gasteiger partial charge on any atom is 0.408 e. The Hall–Kier alpha value is -3.63. The number of nitrogens with one attached hydrogen (secondary N) is 3. The van der Waals surface area contributed by atoms with Gasteiger partial charge >= 0.3 is 18.0 Å². The number of esters is 2. The SMILES string of the molecule is COC(=O)[C@H](CC(C)C)NC(=O)C(NC(=O)[C@H](CC(C)C)NC(=O)OC(C)(C)C)C(=O)OCc1ccccc1. The van der Waals surface area contributed by atoms with Gasteiger partial charge in [-0.05, 0) is 51.0 Å². The fourth-order valence-corrected chi connectivity index (χ4v) is 3.52. The molecule has 0 heterocycles. The Balaban J connectivity index is 3.19. The van der Waals surface area contributed by atoms with Crippen LogP contribution in [0.5, 0.6) is 0 Å². The van der Waals surface area contributed by atoms with Crippen LogP contribution in [-0.4, -0.2) is 60.7 Å². The first kappa shape index (κ1) is 33.4. The number of methoxy groups -OCH3 is 1. The van der Waals surface area contributed by atoms with Crippen LogP contribution in [0.15, 0.2) is 30.3 Å². The van der Waals surface area contributed by atoms with Gasteiger partial charge in [0.1, 0.15) is 24.3 Å². The number of amides is 3. The van der Waals surface area contributed by atoms with Gasteiger partial charge in [-0.3, -0.25) is 9.59 Å². The standard InChI is InChI=1S/C28H43N3O8/c1-17(2)14-20(30-27(36)39-28(5,6)7)23(32)31-22(26(35)38-16-19-12-10-9-11-13-19)24(33)29-21(15-18(3)4)25(34)37-8/h9-13,17-18,20-22H,14-16H2,1-8H3,(H,29,33)(H,30,36)(H,31,32)/t20-,21-,22?/m0/s1. The van der Waals surface area contributed by atoms with Crippen LogP contribution in [0.3, 0.4) is 0 Å². The summed E-state index contributed by atoms with van der Waals surface area (Å²) in [6.07, 6.45) is -0.371. The first-order chi connectivity index (χ1) is 18.1. The van der Waals surface area contributed by atoms with E-state index in [1.807, 2.05) is 27.7 Å². The van der Waals surface area contributed by atoms with E-state index in [-0.39, 0.29) is 31.3 Å². The topological polar surface area (TPSA) is 149 Å². The molecular formula is C28H43N3O8. The van der Waals surface area contributed by atoms with Gasteiger partial charge in [0.15, 0.2) is 0 Å². The maximum absolute atomic E-state index is 13.3. The first-order valence-corrected chi connectivity index (χ1v) is 13.0. The number of rotatable bonds is 13. The second kappa shape index (κ2) is 15.7. The molecule has 3 amide bonds. The molecule has 0 fully saturated rings. The third-order valence-corrected chi connectivity index (χ3v) is 5.23. The smallest absolute Gasteiger partial charge is 0.408 e. The first-order valence-electron chi connectivity index (χ1n) is 13.0. The Bertz CT molecular complexity index is 973. The van der Waals surface area contributed by atoms with E-state index in [4.69, 9.17) is 14.2 Å².